The largest absolute Gasteiger partial charge is 0.457 e. The molecule has 2 N–H and O–H groups in total. The Morgan fingerprint density at radius 2 is 2.00 bits per heavy atom. The van der Waals surface area contributed by atoms with E-state index in [1.807, 2.05) is 6.92 Å². The van der Waals surface area contributed by atoms with Crippen molar-refractivity contribution in [2.75, 3.05) is 6.61 Å². The van der Waals surface area contributed by atoms with Gasteiger partial charge in [0.15, 0.2) is 11.4 Å². The van der Waals surface area contributed by atoms with Crippen molar-refractivity contribution in [3.8, 4) is 0 Å². The minimum atomic E-state index is -1.51. The van der Waals surface area contributed by atoms with Gasteiger partial charge in [-0.2, -0.15) is 0 Å². The molecule has 1 aromatic rings. The zero-order chi connectivity index (χ0) is 23.6. The van der Waals surface area contributed by atoms with Gasteiger partial charge in [0.2, 0.25) is 11.5 Å². The maximum Gasteiger partial charge on any atom is 0.375 e. The smallest absolute Gasteiger partial charge is 0.375 e. The van der Waals surface area contributed by atoms with Gasteiger partial charge in [-0.15, -0.1) is 0 Å². The molecule has 7 nitrogen and oxygen atoms in total. The summed E-state index contributed by atoms with van der Waals surface area (Å²) in [6.07, 6.45) is 6.59. The van der Waals surface area contributed by atoms with Gasteiger partial charge in [0.1, 0.15) is 6.61 Å². The summed E-state index contributed by atoms with van der Waals surface area (Å²) in [7, 11) is 0. The van der Waals surface area contributed by atoms with Gasteiger partial charge in [-0.25, -0.2) is 4.79 Å². The third kappa shape index (κ3) is 3.04. The van der Waals surface area contributed by atoms with E-state index in [4.69, 9.17) is 9.15 Å². The quantitative estimate of drug-likeness (QED) is 0.669. The molecule has 3 fully saturated rings. The number of esters is 1. The predicted molar refractivity (Wildman–Crippen MR) is 117 cm³/mol. The molecule has 1 aromatic heterocycles. The number of carbonyl (C=O) groups excluding carboxylic acids is 3. The molecule has 0 amide bonds. The van der Waals surface area contributed by atoms with Crippen LogP contribution in [0.1, 0.15) is 69.3 Å². The molecule has 0 aromatic carbocycles. The molecule has 0 saturated heterocycles. The van der Waals surface area contributed by atoms with Crippen LogP contribution in [-0.2, 0) is 14.3 Å². The van der Waals surface area contributed by atoms with E-state index in [1.165, 1.54) is 12.3 Å². The summed E-state index contributed by atoms with van der Waals surface area (Å²) in [6, 6.07) is 3.06. The predicted octanol–water partition coefficient (Wildman–Crippen LogP) is 3.24. The zero-order valence-electron chi connectivity index (χ0n) is 19.2. The second-order valence-electron chi connectivity index (χ2n) is 10.9. The standard InChI is InChI=1S/C26H32O7/c1-24-9-7-16(28)12-15(24)5-6-17-18-8-10-26(21(30)14-27,25(18,2)13-19(29)22(17)24)33-23(31)20-4-3-11-32-20/h3-4,11-12,17-19,22,27,29H,5-10,13-14H2,1-2H3/t17?,18?,19?,22?,24?,25?,26-/m0/s1. The summed E-state index contributed by atoms with van der Waals surface area (Å²) in [6.45, 7) is 3.38. The first-order chi connectivity index (χ1) is 15.7. The van der Waals surface area contributed by atoms with Crippen LogP contribution in [0.15, 0.2) is 34.5 Å². The monoisotopic (exact) mass is 456 g/mol. The number of carbonyl (C=O) groups is 3. The SMILES string of the molecule is CC12CCC(=O)C=C1CCC1C2C(O)CC2(C)C1CC[C@]2(OC(=O)c1ccco1)C(=O)CO. The van der Waals surface area contributed by atoms with Gasteiger partial charge >= 0.3 is 5.97 Å². The number of aliphatic hydroxyl groups excluding tert-OH is 2. The number of fused-ring (bicyclic) bond motifs is 5. The highest BCUT2D eigenvalue weighted by Gasteiger charge is 2.70. The molecule has 1 heterocycles. The Bertz CT molecular complexity index is 1010. The third-order valence-corrected chi connectivity index (χ3v) is 9.60. The summed E-state index contributed by atoms with van der Waals surface area (Å²) in [5.74, 6) is -0.894. The van der Waals surface area contributed by atoms with E-state index in [0.717, 1.165) is 24.8 Å². The fraction of sp³-hybridized carbons (Fsp3) is 0.654. The molecule has 178 valence electrons. The van der Waals surface area contributed by atoms with Crippen molar-refractivity contribution in [1.82, 2.24) is 0 Å². The van der Waals surface area contributed by atoms with E-state index in [-0.39, 0.29) is 34.7 Å². The second-order valence-corrected chi connectivity index (χ2v) is 10.9. The molecule has 0 radical (unpaired) electrons. The highest BCUT2D eigenvalue weighted by molar-refractivity contribution is 5.95. The van der Waals surface area contributed by atoms with E-state index in [1.54, 1.807) is 12.1 Å². The van der Waals surface area contributed by atoms with Gasteiger partial charge in [0.05, 0.1) is 12.4 Å². The van der Waals surface area contributed by atoms with Crippen LogP contribution in [0.25, 0.3) is 0 Å². The van der Waals surface area contributed by atoms with Gasteiger partial charge in [-0.3, -0.25) is 9.59 Å². The molecule has 6 unspecified atom stereocenters. The fourth-order valence-corrected chi connectivity index (χ4v) is 8.09. The summed E-state index contributed by atoms with van der Waals surface area (Å²) in [4.78, 5) is 38.2. The van der Waals surface area contributed by atoms with Crippen molar-refractivity contribution in [2.45, 2.75) is 70.5 Å². The van der Waals surface area contributed by atoms with E-state index >= 15 is 0 Å². The average molecular weight is 457 g/mol. The van der Waals surface area contributed by atoms with Crippen LogP contribution in [0.5, 0.6) is 0 Å². The number of hydrogen-bond donors (Lipinski definition) is 2. The lowest BCUT2D eigenvalue weighted by Crippen LogP contribution is -2.63. The van der Waals surface area contributed by atoms with Crippen LogP contribution in [0, 0.1) is 28.6 Å². The molecule has 33 heavy (non-hydrogen) atoms. The van der Waals surface area contributed by atoms with Crippen LogP contribution in [0.2, 0.25) is 0 Å². The maximum atomic E-state index is 13.2. The maximum absolute atomic E-state index is 13.2. The number of allylic oxidation sites excluding steroid dienone is 1. The van der Waals surface area contributed by atoms with E-state index in [0.29, 0.717) is 25.7 Å². The van der Waals surface area contributed by atoms with Crippen molar-refractivity contribution >= 4 is 17.5 Å². The molecular formula is C26H32O7. The number of ether oxygens (including phenoxy) is 1. The molecule has 0 spiro atoms. The number of ketones is 2. The van der Waals surface area contributed by atoms with Gasteiger partial charge < -0.3 is 19.4 Å². The van der Waals surface area contributed by atoms with Crippen LogP contribution in [0.4, 0.5) is 0 Å². The number of hydrogen-bond acceptors (Lipinski definition) is 7. The Morgan fingerprint density at radius 1 is 1.21 bits per heavy atom. The summed E-state index contributed by atoms with van der Waals surface area (Å²) in [5.41, 5.74) is -1.42. The van der Waals surface area contributed by atoms with Crippen LogP contribution >= 0.6 is 0 Å². The highest BCUT2D eigenvalue weighted by Crippen LogP contribution is 2.68. The normalized spacial score (nSPS) is 42.1. The van der Waals surface area contributed by atoms with Crippen LogP contribution in [-0.4, -0.2) is 46.1 Å². The minimum absolute atomic E-state index is 0.00762. The number of furan rings is 1. The van der Waals surface area contributed by atoms with E-state index in [9.17, 15) is 24.6 Å². The van der Waals surface area contributed by atoms with Crippen LogP contribution < -0.4 is 0 Å². The summed E-state index contributed by atoms with van der Waals surface area (Å²) >= 11 is 0. The Balaban J connectivity index is 1.53. The van der Waals surface area contributed by atoms with Crippen LogP contribution in [0.3, 0.4) is 0 Å². The number of aliphatic hydroxyl groups is 2. The first-order valence-corrected chi connectivity index (χ1v) is 12.0. The lowest BCUT2D eigenvalue weighted by atomic mass is 9.45. The molecule has 0 bridgehead atoms. The molecule has 0 aliphatic heterocycles. The average Bonchev–Trinajstić information content (AvgIpc) is 3.41. The Kier molecular flexibility index (Phi) is 5.21. The van der Waals surface area contributed by atoms with Crippen molar-refractivity contribution in [3.63, 3.8) is 0 Å². The lowest BCUT2D eigenvalue weighted by molar-refractivity contribution is -0.183. The molecule has 5 rings (SSSR count). The van der Waals surface area contributed by atoms with Crippen molar-refractivity contribution in [1.29, 1.82) is 0 Å². The molecule has 4 aliphatic rings. The first kappa shape index (κ1) is 22.5. The van der Waals surface area contributed by atoms with Gasteiger partial charge in [-0.05, 0) is 79.9 Å². The van der Waals surface area contributed by atoms with Crippen molar-refractivity contribution in [2.24, 2.45) is 28.6 Å². The first-order valence-electron chi connectivity index (χ1n) is 12.0. The lowest BCUT2D eigenvalue weighted by Gasteiger charge is -2.60. The van der Waals surface area contributed by atoms with Crippen molar-refractivity contribution < 1.29 is 33.8 Å². The number of Topliss-reactive ketones (excluding diaryl/α,β-unsaturated/α-hetero) is 1. The highest BCUT2D eigenvalue weighted by atomic mass is 16.6. The topological polar surface area (TPSA) is 114 Å². The van der Waals surface area contributed by atoms with Gasteiger partial charge in [-0.1, -0.05) is 19.4 Å². The molecule has 7 atom stereocenters. The summed E-state index contributed by atoms with van der Waals surface area (Å²) < 4.78 is 11.1. The van der Waals surface area contributed by atoms with E-state index < -0.39 is 35.5 Å². The Hall–Kier alpha value is -2.25. The second kappa shape index (κ2) is 7.64. The van der Waals surface area contributed by atoms with Gasteiger partial charge in [0, 0.05) is 11.8 Å². The molecule has 3 saturated carbocycles. The molecule has 7 heteroatoms. The Morgan fingerprint density at radius 3 is 2.70 bits per heavy atom. The van der Waals surface area contributed by atoms with Gasteiger partial charge in [0.25, 0.3) is 0 Å². The molecule has 4 aliphatic carbocycles. The number of rotatable bonds is 4. The third-order valence-electron chi connectivity index (χ3n) is 9.60. The molecular weight excluding hydrogens is 424 g/mol. The Labute approximate surface area is 193 Å². The summed E-state index contributed by atoms with van der Waals surface area (Å²) in [5, 5.41) is 21.4. The zero-order valence-corrected chi connectivity index (χ0v) is 19.2. The van der Waals surface area contributed by atoms with E-state index in [2.05, 4.69) is 6.92 Å². The fourth-order valence-electron chi connectivity index (χ4n) is 8.09. The van der Waals surface area contributed by atoms with Crippen molar-refractivity contribution in [3.05, 3.63) is 35.8 Å². The minimum Gasteiger partial charge on any atom is -0.457 e.